The van der Waals surface area contributed by atoms with E-state index in [4.69, 9.17) is 21.4 Å². The van der Waals surface area contributed by atoms with Gasteiger partial charge >= 0.3 is 5.97 Å². The topological polar surface area (TPSA) is 66.8 Å². The number of carboxylic acid groups (broad SMARTS) is 1. The Morgan fingerprint density at radius 1 is 1.30 bits per heavy atom. The summed E-state index contributed by atoms with van der Waals surface area (Å²) in [6.07, 6.45) is 0.0809. The van der Waals surface area contributed by atoms with Crippen LogP contribution in [0.1, 0.15) is 24.2 Å². The van der Waals surface area contributed by atoms with Gasteiger partial charge in [-0.3, -0.25) is 4.79 Å². The van der Waals surface area contributed by atoms with E-state index in [1.165, 1.54) is 17.0 Å². The van der Waals surface area contributed by atoms with Crippen molar-refractivity contribution in [3.05, 3.63) is 29.8 Å². The lowest BCUT2D eigenvalue weighted by Crippen LogP contribution is -2.35. The predicted molar refractivity (Wildman–Crippen MR) is 77.6 cm³/mol. The van der Waals surface area contributed by atoms with Gasteiger partial charge in [0, 0.05) is 12.2 Å². The second kappa shape index (κ2) is 7.87. The van der Waals surface area contributed by atoms with Crippen molar-refractivity contribution in [1.29, 1.82) is 0 Å². The largest absolute Gasteiger partial charge is 0.478 e. The molecule has 1 amide bonds. The summed E-state index contributed by atoms with van der Waals surface area (Å²) in [7, 11) is 0. The van der Waals surface area contributed by atoms with Gasteiger partial charge in [0.05, 0.1) is 18.3 Å². The molecule has 1 aromatic rings. The molecule has 0 aromatic heterocycles. The Kier molecular flexibility index (Phi) is 6.48. The molecule has 1 aromatic carbocycles. The summed E-state index contributed by atoms with van der Waals surface area (Å²) >= 11 is 5.59. The Morgan fingerprint density at radius 3 is 2.35 bits per heavy atom. The summed E-state index contributed by atoms with van der Waals surface area (Å²) in [5.41, 5.74) is 0.776. The molecule has 0 radical (unpaired) electrons. The lowest BCUT2D eigenvalue weighted by atomic mass is 10.2. The smallest absolute Gasteiger partial charge is 0.335 e. The van der Waals surface area contributed by atoms with Gasteiger partial charge in [0.25, 0.3) is 0 Å². The monoisotopic (exact) mass is 299 g/mol. The van der Waals surface area contributed by atoms with Crippen molar-refractivity contribution in [2.24, 2.45) is 0 Å². The minimum Gasteiger partial charge on any atom is -0.478 e. The predicted octanol–water partition coefficient (Wildman–Crippen LogP) is 2.38. The molecular weight excluding hydrogens is 282 g/mol. The van der Waals surface area contributed by atoms with Gasteiger partial charge in [-0.05, 0) is 38.1 Å². The first-order valence-corrected chi connectivity index (χ1v) is 6.80. The van der Waals surface area contributed by atoms with Crippen LogP contribution < -0.4 is 4.90 Å². The molecule has 0 aliphatic rings. The number of alkyl halides is 1. The van der Waals surface area contributed by atoms with Gasteiger partial charge < -0.3 is 14.7 Å². The number of ether oxygens (including phenoxy) is 1. The molecule has 0 spiro atoms. The van der Waals surface area contributed by atoms with Crippen molar-refractivity contribution in [3.63, 3.8) is 0 Å². The number of hydrogen-bond acceptors (Lipinski definition) is 3. The van der Waals surface area contributed by atoms with Gasteiger partial charge in [-0.25, -0.2) is 4.79 Å². The first kappa shape index (κ1) is 16.5. The average molecular weight is 300 g/mol. The third-order valence-corrected chi connectivity index (χ3v) is 2.84. The number of anilines is 1. The summed E-state index contributed by atoms with van der Waals surface area (Å²) in [5.74, 6) is -1.39. The Labute approximate surface area is 123 Å². The van der Waals surface area contributed by atoms with Gasteiger partial charge in [-0.15, -0.1) is 11.6 Å². The fourth-order valence-corrected chi connectivity index (χ4v) is 1.78. The molecule has 0 saturated carbocycles. The third kappa shape index (κ3) is 4.83. The molecule has 0 atom stereocenters. The van der Waals surface area contributed by atoms with Crippen LogP contribution in [0.4, 0.5) is 5.69 Å². The zero-order valence-corrected chi connectivity index (χ0v) is 12.3. The number of amides is 1. The fraction of sp³-hybridized carbons (Fsp3) is 0.429. The highest BCUT2D eigenvalue weighted by molar-refractivity contribution is 6.29. The number of benzene rings is 1. The summed E-state index contributed by atoms with van der Waals surface area (Å²) < 4.78 is 5.42. The van der Waals surface area contributed by atoms with Crippen molar-refractivity contribution >= 4 is 29.2 Å². The first-order chi connectivity index (χ1) is 9.45. The van der Waals surface area contributed by atoms with Gasteiger partial charge in [0.1, 0.15) is 5.88 Å². The van der Waals surface area contributed by atoms with Crippen molar-refractivity contribution in [2.45, 2.75) is 20.0 Å². The standard InChI is InChI=1S/C14H18ClNO4/c1-10(2)20-8-7-16(13(17)9-15)12-5-3-11(4-6-12)14(18)19/h3-6,10H,7-9H2,1-2H3,(H,18,19). The highest BCUT2D eigenvalue weighted by Crippen LogP contribution is 2.16. The number of carboxylic acids is 1. The van der Waals surface area contributed by atoms with Crippen LogP contribution in [0, 0.1) is 0 Å². The number of aromatic carboxylic acids is 1. The van der Waals surface area contributed by atoms with Crippen LogP contribution in [0.2, 0.25) is 0 Å². The van der Waals surface area contributed by atoms with E-state index >= 15 is 0 Å². The molecule has 0 bridgehead atoms. The molecule has 5 nitrogen and oxygen atoms in total. The van der Waals surface area contributed by atoms with Crippen molar-refractivity contribution in [1.82, 2.24) is 0 Å². The minimum atomic E-state index is -1.00. The molecule has 0 aliphatic carbocycles. The van der Waals surface area contributed by atoms with Gasteiger partial charge in [-0.1, -0.05) is 0 Å². The number of rotatable bonds is 7. The molecule has 0 fully saturated rings. The Hall–Kier alpha value is -1.59. The number of nitrogens with zero attached hydrogens (tertiary/aromatic N) is 1. The highest BCUT2D eigenvalue weighted by atomic mass is 35.5. The van der Waals surface area contributed by atoms with E-state index in [2.05, 4.69) is 0 Å². The Morgan fingerprint density at radius 2 is 1.90 bits per heavy atom. The SMILES string of the molecule is CC(C)OCCN(C(=O)CCl)c1ccc(C(=O)O)cc1. The van der Waals surface area contributed by atoms with E-state index in [0.29, 0.717) is 18.8 Å². The summed E-state index contributed by atoms with van der Waals surface area (Å²) in [5, 5.41) is 8.85. The summed E-state index contributed by atoms with van der Waals surface area (Å²) in [4.78, 5) is 24.1. The highest BCUT2D eigenvalue weighted by Gasteiger charge is 2.15. The second-order valence-electron chi connectivity index (χ2n) is 4.45. The van der Waals surface area contributed by atoms with E-state index in [0.717, 1.165) is 0 Å². The molecule has 0 unspecified atom stereocenters. The molecule has 6 heteroatoms. The van der Waals surface area contributed by atoms with Gasteiger partial charge in [0.15, 0.2) is 0 Å². The van der Waals surface area contributed by atoms with Crippen LogP contribution in [0.25, 0.3) is 0 Å². The van der Waals surface area contributed by atoms with Crippen molar-refractivity contribution < 1.29 is 19.4 Å². The molecule has 0 saturated heterocycles. The van der Waals surface area contributed by atoms with Crippen molar-refractivity contribution in [2.75, 3.05) is 23.9 Å². The molecular formula is C14H18ClNO4. The molecule has 1 N–H and O–H groups in total. The maximum absolute atomic E-state index is 11.8. The maximum Gasteiger partial charge on any atom is 0.335 e. The zero-order valence-electron chi connectivity index (χ0n) is 11.5. The number of carbonyl (C=O) groups excluding carboxylic acids is 1. The van der Waals surface area contributed by atoms with Crippen molar-refractivity contribution in [3.8, 4) is 0 Å². The fourth-order valence-electron chi connectivity index (χ4n) is 1.63. The summed E-state index contributed by atoms with van der Waals surface area (Å²) in [6.45, 7) is 4.59. The van der Waals surface area contributed by atoms with E-state index in [-0.39, 0.29) is 23.5 Å². The Balaban J connectivity index is 2.81. The zero-order chi connectivity index (χ0) is 15.1. The second-order valence-corrected chi connectivity index (χ2v) is 4.72. The number of carbonyl (C=O) groups is 2. The van der Waals surface area contributed by atoms with Gasteiger partial charge in [0.2, 0.25) is 5.91 Å². The number of halogens is 1. The van der Waals surface area contributed by atoms with Crippen LogP contribution in [-0.4, -0.2) is 42.1 Å². The van der Waals surface area contributed by atoms with Crippen LogP contribution in [-0.2, 0) is 9.53 Å². The molecule has 110 valence electrons. The average Bonchev–Trinajstić information content (AvgIpc) is 2.42. The maximum atomic E-state index is 11.8. The van der Waals surface area contributed by atoms with E-state index in [9.17, 15) is 9.59 Å². The van der Waals surface area contributed by atoms with Crippen LogP contribution >= 0.6 is 11.6 Å². The van der Waals surface area contributed by atoms with E-state index < -0.39 is 5.97 Å². The first-order valence-electron chi connectivity index (χ1n) is 6.27. The lowest BCUT2D eigenvalue weighted by Gasteiger charge is -2.22. The third-order valence-electron chi connectivity index (χ3n) is 2.61. The molecule has 0 heterocycles. The van der Waals surface area contributed by atoms with Crippen LogP contribution in [0.15, 0.2) is 24.3 Å². The number of hydrogen-bond donors (Lipinski definition) is 1. The van der Waals surface area contributed by atoms with Gasteiger partial charge in [-0.2, -0.15) is 0 Å². The minimum absolute atomic E-state index is 0.0809. The Bertz CT molecular complexity index is 459. The molecule has 20 heavy (non-hydrogen) atoms. The van der Waals surface area contributed by atoms with Crippen LogP contribution in [0.5, 0.6) is 0 Å². The molecule has 0 aliphatic heterocycles. The quantitative estimate of drug-likeness (QED) is 0.785. The summed E-state index contributed by atoms with van der Waals surface area (Å²) in [6, 6.07) is 6.08. The van der Waals surface area contributed by atoms with Crippen LogP contribution in [0.3, 0.4) is 0 Å². The lowest BCUT2D eigenvalue weighted by molar-refractivity contribution is -0.116. The molecule has 1 rings (SSSR count). The normalized spacial score (nSPS) is 10.6. The van der Waals surface area contributed by atoms with E-state index in [1.807, 2.05) is 13.8 Å². The van der Waals surface area contributed by atoms with E-state index in [1.54, 1.807) is 12.1 Å².